The molecule has 2 unspecified atom stereocenters. The molecule has 5 rings (SSSR count). The van der Waals surface area contributed by atoms with Gasteiger partial charge in [-0.2, -0.15) is 0 Å². The molecule has 0 amide bonds. The zero-order chi connectivity index (χ0) is 14.7. The van der Waals surface area contributed by atoms with Crippen LogP contribution in [-0.4, -0.2) is 32.1 Å². The average molecular weight is 299 g/mol. The number of aryl methyl sites for hydroxylation is 1. The molecule has 3 nitrogen and oxygen atoms in total. The van der Waals surface area contributed by atoms with E-state index >= 15 is 0 Å². The van der Waals surface area contributed by atoms with E-state index in [0.29, 0.717) is 0 Å². The van der Waals surface area contributed by atoms with E-state index in [1.54, 1.807) is 11.1 Å². The Morgan fingerprint density at radius 1 is 1.00 bits per heavy atom. The number of nitrogens with zero attached hydrogens (tertiary/aromatic N) is 1. The minimum absolute atomic E-state index is 0.261. The molecular weight excluding hydrogens is 274 g/mol. The largest absolute Gasteiger partial charge is 0.371 e. The summed E-state index contributed by atoms with van der Waals surface area (Å²) in [6.07, 6.45) is 6.22. The molecule has 3 heteroatoms. The molecule has 1 aromatic carbocycles. The molecule has 1 aromatic rings. The van der Waals surface area contributed by atoms with Crippen LogP contribution in [-0.2, 0) is 9.47 Å². The fourth-order valence-electron chi connectivity index (χ4n) is 5.36. The highest BCUT2D eigenvalue weighted by Crippen LogP contribution is 2.57. The van der Waals surface area contributed by atoms with Gasteiger partial charge >= 0.3 is 0 Å². The third kappa shape index (κ3) is 1.82. The fourth-order valence-corrected chi connectivity index (χ4v) is 5.36. The number of hydrogen-bond donors (Lipinski definition) is 0. The molecule has 0 aromatic heterocycles. The van der Waals surface area contributed by atoms with Crippen molar-refractivity contribution in [3.05, 3.63) is 28.8 Å². The first-order chi connectivity index (χ1) is 10.8. The van der Waals surface area contributed by atoms with E-state index in [1.807, 2.05) is 0 Å². The number of fused-ring (bicyclic) bond motifs is 5. The van der Waals surface area contributed by atoms with Crippen LogP contribution in [0, 0.1) is 6.92 Å². The smallest absolute Gasteiger partial charge is 0.171 e. The van der Waals surface area contributed by atoms with Gasteiger partial charge in [-0.15, -0.1) is 0 Å². The molecule has 2 aliphatic carbocycles. The Balaban J connectivity index is 1.45. The Kier molecular flexibility index (Phi) is 2.87. The van der Waals surface area contributed by atoms with Gasteiger partial charge in [0, 0.05) is 31.6 Å². The Bertz CT molecular complexity index is 596. The molecular formula is C19H25NO2. The molecule has 0 N–H and O–H groups in total. The van der Waals surface area contributed by atoms with Crippen LogP contribution < -0.4 is 4.90 Å². The van der Waals surface area contributed by atoms with Crippen LogP contribution in [0.5, 0.6) is 0 Å². The summed E-state index contributed by atoms with van der Waals surface area (Å²) in [6.45, 7) is 5.96. The maximum absolute atomic E-state index is 5.88. The van der Waals surface area contributed by atoms with Crippen molar-refractivity contribution in [3.8, 4) is 0 Å². The van der Waals surface area contributed by atoms with Gasteiger partial charge in [-0.25, -0.2) is 0 Å². The van der Waals surface area contributed by atoms with Gasteiger partial charge in [0.1, 0.15) is 0 Å². The second kappa shape index (κ2) is 4.72. The topological polar surface area (TPSA) is 21.7 Å². The lowest BCUT2D eigenvalue weighted by Crippen LogP contribution is -2.45. The van der Waals surface area contributed by atoms with Crippen molar-refractivity contribution in [1.82, 2.24) is 0 Å². The summed E-state index contributed by atoms with van der Waals surface area (Å²) in [5, 5.41) is 0. The SMILES string of the molecule is Cc1ccc(N2CCC3(CC2)OCCO3)c2c1C1CCC2C1. The van der Waals surface area contributed by atoms with Crippen LogP contribution in [0.4, 0.5) is 5.69 Å². The van der Waals surface area contributed by atoms with Crippen LogP contribution in [0.3, 0.4) is 0 Å². The lowest BCUT2D eigenvalue weighted by Gasteiger charge is -2.40. The first kappa shape index (κ1) is 13.4. The van der Waals surface area contributed by atoms with Crippen LogP contribution in [0.2, 0.25) is 0 Å². The fraction of sp³-hybridized carbons (Fsp3) is 0.684. The zero-order valence-electron chi connectivity index (χ0n) is 13.4. The van der Waals surface area contributed by atoms with Gasteiger partial charge in [-0.05, 0) is 60.8 Å². The predicted octanol–water partition coefficient (Wildman–Crippen LogP) is 3.70. The molecule has 1 spiro atoms. The van der Waals surface area contributed by atoms with Crippen molar-refractivity contribution in [3.63, 3.8) is 0 Å². The van der Waals surface area contributed by atoms with E-state index in [9.17, 15) is 0 Å². The molecule has 1 saturated carbocycles. The van der Waals surface area contributed by atoms with Gasteiger partial charge in [-0.1, -0.05) is 6.07 Å². The monoisotopic (exact) mass is 299 g/mol. The van der Waals surface area contributed by atoms with Crippen molar-refractivity contribution in [2.75, 3.05) is 31.2 Å². The third-order valence-electron chi connectivity index (χ3n) is 6.41. The molecule has 0 radical (unpaired) electrons. The minimum atomic E-state index is -0.261. The van der Waals surface area contributed by atoms with Gasteiger partial charge in [0.2, 0.25) is 0 Å². The van der Waals surface area contributed by atoms with Crippen molar-refractivity contribution in [1.29, 1.82) is 0 Å². The molecule has 2 bridgehead atoms. The first-order valence-corrected chi connectivity index (χ1v) is 8.92. The zero-order valence-corrected chi connectivity index (χ0v) is 13.4. The molecule has 2 heterocycles. The summed E-state index contributed by atoms with van der Waals surface area (Å²) in [5.74, 6) is 1.41. The second-order valence-corrected chi connectivity index (χ2v) is 7.53. The van der Waals surface area contributed by atoms with Crippen molar-refractivity contribution < 1.29 is 9.47 Å². The van der Waals surface area contributed by atoms with E-state index in [1.165, 1.54) is 30.5 Å². The number of rotatable bonds is 1. The van der Waals surface area contributed by atoms with Crippen LogP contribution in [0.15, 0.2) is 12.1 Å². The van der Waals surface area contributed by atoms with E-state index < -0.39 is 0 Å². The second-order valence-electron chi connectivity index (χ2n) is 7.53. The molecule has 22 heavy (non-hydrogen) atoms. The van der Waals surface area contributed by atoms with E-state index in [-0.39, 0.29) is 5.79 Å². The highest BCUT2D eigenvalue weighted by molar-refractivity contribution is 5.64. The number of piperidine rings is 1. The van der Waals surface area contributed by atoms with Gasteiger partial charge in [0.15, 0.2) is 5.79 Å². The maximum Gasteiger partial charge on any atom is 0.171 e. The molecule has 2 atom stereocenters. The third-order valence-corrected chi connectivity index (χ3v) is 6.41. The van der Waals surface area contributed by atoms with Crippen LogP contribution in [0.25, 0.3) is 0 Å². The number of ether oxygens (including phenoxy) is 2. The standard InChI is InChI=1S/C19H25NO2/c1-13-2-5-16(18-15-4-3-14(12-15)17(13)18)20-8-6-19(7-9-20)21-10-11-22-19/h2,5,14-15H,3-4,6-12H2,1H3. The number of anilines is 1. The minimum Gasteiger partial charge on any atom is -0.371 e. The summed E-state index contributed by atoms with van der Waals surface area (Å²) < 4.78 is 11.8. The van der Waals surface area contributed by atoms with Crippen molar-refractivity contribution in [2.45, 2.75) is 56.7 Å². The summed E-state index contributed by atoms with van der Waals surface area (Å²) in [4.78, 5) is 2.59. The van der Waals surface area contributed by atoms with Gasteiger partial charge < -0.3 is 14.4 Å². The normalized spacial score (nSPS) is 32.0. The van der Waals surface area contributed by atoms with E-state index in [0.717, 1.165) is 51.0 Å². The summed E-state index contributed by atoms with van der Waals surface area (Å²) in [6, 6.07) is 4.73. The Morgan fingerprint density at radius 2 is 1.68 bits per heavy atom. The number of benzene rings is 1. The summed E-state index contributed by atoms with van der Waals surface area (Å²) in [7, 11) is 0. The highest BCUT2D eigenvalue weighted by Gasteiger charge is 2.43. The van der Waals surface area contributed by atoms with Gasteiger partial charge in [0.05, 0.1) is 13.2 Å². The first-order valence-electron chi connectivity index (χ1n) is 8.92. The Morgan fingerprint density at radius 3 is 2.41 bits per heavy atom. The van der Waals surface area contributed by atoms with Gasteiger partial charge in [0.25, 0.3) is 0 Å². The average Bonchev–Trinajstić information content (AvgIpc) is 3.26. The van der Waals surface area contributed by atoms with E-state index in [2.05, 4.69) is 24.0 Å². The van der Waals surface area contributed by atoms with Crippen molar-refractivity contribution in [2.24, 2.45) is 0 Å². The molecule has 3 fully saturated rings. The summed E-state index contributed by atoms with van der Waals surface area (Å²) >= 11 is 0. The van der Waals surface area contributed by atoms with Crippen LogP contribution in [0.1, 0.15) is 60.6 Å². The lowest BCUT2D eigenvalue weighted by molar-refractivity contribution is -0.169. The van der Waals surface area contributed by atoms with Crippen molar-refractivity contribution >= 4 is 5.69 Å². The van der Waals surface area contributed by atoms with Crippen LogP contribution >= 0.6 is 0 Å². The number of hydrogen-bond acceptors (Lipinski definition) is 3. The summed E-state index contributed by atoms with van der Waals surface area (Å²) in [5.41, 5.74) is 6.42. The molecule has 2 saturated heterocycles. The van der Waals surface area contributed by atoms with Gasteiger partial charge in [-0.3, -0.25) is 0 Å². The lowest BCUT2D eigenvalue weighted by atomic mass is 9.86. The molecule has 118 valence electrons. The molecule has 2 aliphatic heterocycles. The quantitative estimate of drug-likeness (QED) is 0.789. The highest BCUT2D eigenvalue weighted by atomic mass is 16.7. The predicted molar refractivity (Wildman–Crippen MR) is 86.6 cm³/mol. The maximum atomic E-state index is 5.88. The Hall–Kier alpha value is -1.06. The Labute approximate surface area is 132 Å². The molecule has 4 aliphatic rings. The van der Waals surface area contributed by atoms with E-state index in [4.69, 9.17) is 9.47 Å².